The number of nitrogens with two attached hydrogens (primary N) is 1. The molecule has 0 saturated carbocycles. The second-order valence-electron chi connectivity index (χ2n) is 3.70. The van der Waals surface area contributed by atoms with Gasteiger partial charge in [-0.25, -0.2) is 0 Å². The van der Waals surface area contributed by atoms with E-state index in [-0.39, 0.29) is 0 Å². The molecule has 0 unspecified atom stereocenters. The van der Waals surface area contributed by atoms with Crippen molar-refractivity contribution < 1.29 is 0 Å². The highest BCUT2D eigenvalue weighted by Crippen LogP contribution is 2.08. The van der Waals surface area contributed by atoms with E-state index in [0.29, 0.717) is 5.96 Å². The fourth-order valence-electron chi connectivity index (χ4n) is 1.61. The van der Waals surface area contributed by atoms with Crippen molar-refractivity contribution >= 4 is 17.7 Å². The third kappa shape index (κ3) is 3.16. The second-order valence-corrected chi connectivity index (χ2v) is 4.92. The van der Waals surface area contributed by atoms with E-state index in [4.69, 9.17) is 5.73 Å². The van der Waals surface area contributed by atoms with Gasteiger partial charge in [-0.05, 0) is 12.0 Å². The van der Waals surface area contributed by atoms with Gasteiger partial charge in [0, 0.05) is 37.3 Å². The molecule has 0 radical (unpaired) electrons. The number of aromatic nitrogens is 2. The summed E-state index contributed by atoms with van der Waals surface area (Å²) in [6.07, 6.45) is 4.60. The maximum absolute atomic E-state index is 5.93. The molecule has 6 heteroatoms. The highest BCUT2D eigenvalue weighted by molar-refractivity contribution is 7.99. The minimum absolute atomic E-state index is 0.684. The molecule has 0 amide bonds. The van der Waals surface area contributed by atoms with Crippen molar-refractivity contribution in [1.82, 2.24) is 15.1 Å². The van der Waals surface area contributed by atoms with Crippen LogP contribution in [0, 0.1) is 0 Å². The quantitative estimate of drug-likeness (QED) is 0.588. The SMILES string of the molecule is NC(=NCCc1cn[nH]c1)N1CCSCC1. The Labute approximate surface area is 99.5 Å². The van der Waals surface area contributed by atoms with Crippen molar-refractivity contribution in [3.05, 3.63) is 18.0 Å². The fourth-order valence-corrected chi connectivity index (χ4v) is 2.51. The van der Waals surface area contributed by atoms with E-state index in [9.17, 15) is 0 Å². The Hall–Kier alpha value is -1.17. The summed E-state index contributed by atoms with van der Waals surface area (Å²) in [6, 6.07) is 0. The second kappa shape index (κ2) is 5.79. The number of aliphatic imine (C=N–C) groups is 1. The summed E-state index contributed by atoms with van der Waals surface area (Å²) in [7, 11) is 0. The zero-order chi connectivity index (χ0) is 11.2. The minimum Gasteiger partial charge on any atom is -0.370 e. The molecule has 3 N–H and O–H groups in total. The van der Waals surface area contributed by atoms with Crippen molar-refractivity contribution in [2.75, 3.05) is 31.1 Å². The molecule has 0 aromatic carbocycles. The Kier molecular flexibility index (Phi) is 4.10. The number of H-pyrrole nitrogens is 1. The summed E-state index contributed by atoms with van der Waals surface area (Å²) in [6.45, 7) is 2.77. The summed E-state index contributed by atoms with van der Waals surface area (Å²) in [5.41, 5.74) is 7.10. The summed E-state index contributed by atoms with van der Waals surface area (Å²) in [5.74, 6) is 2.99. The number of aromatic amines is 1. The van der Waals surface area contributed by atoms with Crippen molar-refractivity contribution in [3.63, 3.8) is 0 Å². The fraction of sp³-hybridized carbons (Fsp3) is 0.600. The van der Waals surface area contributed by atoms with Crippen molar-refractivity contribution in [1.29, 1.82) is 0 Å². The lowest BCUT2D eigenvalue weighted by Gasteiger charge is -2.27. The summed E-state index contributed by atoms with van der Waals surface area (Å²) in [5, 5.41) is 6.68. The van der Waals surface area contributed by atoms with Crippen LogP contribution in [0.5, 0.6) is 0 Å². The lowest BCUT2D eigenvalue weighted by molar-refractivity contribution is 0.456. The molecule has 0 atom stereocenters. The molecule has 1 aliphatic rings. The molecular weight excluding hydrogens is 222 g/mol. The molecule has 5 nitrogen and oxygen atoms in total. The van der Waals surface area contributed by atoms with Crippen LogP contribution in [-0.2, 0) is 6.42 Å². The van der Waals surface area contributed by atoms with Crippen LogP contribution >= 0.6 is 11.8 Å². The van der Waals surface area contributed by atoms with Crippen LogP contribution in [0.3, 0.4) is 0 Å². The zero-order valence-corrected chi connectivity index (χ0v) is 10.0. The van der Waals surface area contributed by atoms with E-state index in [1.165, 1.54) is 5.56 Å². The van der Waals surface area contributed by atoms with Crippen molar-refractivity contribution in [3.8, 4) is 0 Å². The first kappa shape index (κ1) is 11.3. The lowest BCUT2D eigenvalue weighted by atomic mass is 10.3. The Bertz CT molecular complexity index is 329. The number of hydrogen-bond donors (Lipinski definition) is 2. The molecule has 0 bridgehead atoms. The van der Waals surface area contributed by atoms with Gasteiger partial charge in [0.15, 0.2) is 5.96 Å². The molecule has 1 aromatic heterocycles. The molecule has 2 rings (SSSR count). The normalized spacial score (nSPS) is 17.8. The van der Waals surface area contributed by atoms with Crippen molar-refractivity contribution in [2.24, 2.45) is 10.7 Å². The van der Waals surface area contributed by atoms with Gasteiger partial charge in [0.05, 0.1) is 6.20 Å². The molecule has 0 spiro atoms. The Balaban J connectivity index is 1.77. The maximum Gasteiger partial charge on any atom is 0.191 e. The first-order chi connectivity index (χ1) is 7.86. The lowest BCUT2D eigenvalue weighted by Crippen LogP contribution is -2.42. The third-order valence-corrected chi connectivity index (χ3v) is 3.51. The first-order valence-electron chi connectivity index (χ1n) is 5.46. The van der Waals surface area contributed by atoms with E-state index < -0.39 is 0 Å². The van der Waals surface area contributed by atoms with Gasteiger partial charge in [0.25, 0.3) is 0 Å². The predicted octanol–water partition coefficient (Wildman–Crippen LogP) is 0.316. The van der Waals surface area contributed by atoms with Gasteiger partial charge in [-0.15, -0.1) is 0 Å². The van der Waals surface area contributed by atoms with Gasteiger partial charge < -0.3 is 10.6 Å². The number of guanidine groups is 1. The van der Waals surface area contributed by atoms with Crippen LogP contribution in [0.15, 0.2) is 17.4 Å². The van der Waals surface area contributed by atoms with E-state index in [2.05, 4.69) is 20.1 Å². The minimum atomic E-state index is 0.684. The maximum atomic E-state index is 5.93. The topological polar surface area (TPSA) is 70.3 Å². The number of thioether (sulfide) groups is 1. The van der Waals surface area contributed by atoms with E-state index in [1.807, 2.05) is 24.2 Å². The average Bonchev–Trinajstić information content (AvgIpc) is 2.83. The number of rotatable bonds is 3. The number of nitrogens with zero attached hydrogens (tertiary/aromatic N) is 3. The number of hydrogen-bond acceptors (Lipinski definition) is 3. The molecule has 2 heterocycles. The van der Waals surface area contributed by atoms with Gasteiger partial charge in [-0.3, -0.25) is 10.1 Å². The van der Waals surface area contributed by atoms with Crippen molar-refractivity contribution in [2.45, 2.75) is 6.42 Å². The van der Waals surface area contributed by atoms with Crippen LogP contribution in [0.25, 0.3) is 0 Å². The van der Waals surface area contributed by atoms with Crippen LogP contribution < -0.4 is 5.73 Å². The summed E-state index contributed by atoms with van der Waals surface area (Å²) < 4.78 is 0. The third-order valence-electron chi connectivity index (χ3n) is 2.56. The van der Waals surface area contributed by atoms with E-state index in [1.54, 1.807) is 0 Å². The van der Waals surface area contributed by atoms with Gasteiger partial charge in [0.2, 0.25) is 0 Å². The Morgan fingerprint density at radius 2 is 2.38 bits per heavy atom. The molecule has 88 valence electrons. The van der Waals surface area contributed by atoms with Gasteiger partial charge in [-0.2, -0.15) is 16.9 Å². The first-order valence-corrected chi connectivity index (χ1v) is 6.62. The van der Waals surface area contributed by atoms with Crippen LogP contribution in [0.2, 0.25) is 0 Å². The van der Waals surface area contributed by atoms with Gasteiger partial charge in [-0.1, -0.05) is 0 Å². The molecule has 16 heavy (non-hydrogen) atoms. The number of nitrogens with one attached hydrogen (secondary N) is 1. The molecule has 0 aliphatic carbocycles. The van der Waals surface area contributed by atoms with Gasteiger partial charge in [0.1, 0.15) is 0 Å². The monoisotopic (exact) mass is 239 g/mol. The zero-order valence-electron chi connectivity index (χ0n) is 9.22. The smallest absolute Gasteiger partial charge is 0.191 e. The predicted molar refractivity (Wildman–Crippen MR) is 67.7 cm³/mol. The van der Waals surface area contributed by atoms with E-state index in [0.717, 1.165) is 37.6 Å². The van der Waals surface area contributed by atoms with Gasteiger partial charge >= 0.3 is 0 Å². The molecule has 1 aliphatic heterocycles. The highest BCUT2D eigenvalue weighted by atomic mass is 32.2. The molecule has 1 aromatic rings. The molecular formula is C10H17N5S. The Morgan fingerprint density at radius 3 is 3.06 bits per heavy atom. The van der Waals surface area contributed by atoms with Crippen LogP contribution in [0.1, 0.15) is 5.56 Å². The molecule has 1 fully saturated rings. The standard InChI is InChI=1S/C10H17N5S/c11-10(15-3-5-16-6-4-15)12-2-1-9-7-13-14-8-9/h7-8H,1-6H2,(H2,11,12)(H,13,14). The Morgan fingerprint density at radius 1 is 1.56 bits per heavy atom. The highest BCUT2D eigenvalue weighted by Gasteiger charge is 2.11. The summed E-state index contributed by atoms with van der Waals surface area (Å²) >= 11 is 1.97. The van der Waals surface area contributed by atoms with Crippen LogP contribution in [-0.4, -0.2) is 52.2 Å². The largest absolute Gasteiger partial charge is 0.370 e. The molecule has 1 saturated heterocycles. The van der Waals surface area contributed by atoms with E-state index >= 15 is 0 Å². The average molecular weight is 239 g/mol. The summed E-state index contributed by atoms with van der Waals surface area (Å²) in [4.78, 5) is 6.55. The van der Waals surface area contributed by atoms with Crippen LogP contribution in [0.4, 0.5) is 0 Å².